The van der Waals surface area contributed by atoms with Crippen LogP contribution in [-0.2, 0) is 12.8 Å². The molecule has 0 aliphatic heterocycles. The Morgan fingerprint density at radius 1 is 0.424 bits per heavy atom. The highest BCUT2D eigenvalue weighted by atomic mass is 15.0. The van der Waals surface area contributed by atoms with E-state index >= 15 is 0 Å². The highest BCUT2D eigenvalue weighted by Crippen LogP contribution is 2.41. The van der Waals surface area contributed by atoms with E-state index in [1.54, 1.807) is 0 Å². The molecule has 2 aromatic heterocycles. The summed E-state index contributed by atoms with van der Waals surface area (Å²) >= 11 is 0. The Hall–Kier alpha value is -6.90. The van der Waals surface area contributed by atoms with Crippen molar-refractivity contribution in [2.24, 2.45) is 0 Å². The molecule has 0 spiro atoms. The minimum atomic E-state index is 1.01. The van der Waals surface area contributed by atoms with Crippen LogP contribution in [0.2, 0.25) is 0 Å². The van der Waals surface area contributed by atoms with Gasteiger partial charge in [-0.05, 0) is 152 Å². The Morgan fingerprint density at radius 2 is 0.966 bits per heavy atom. The molecule has 2 heteroatoms. The zero-order chi connectivity index (χ0) is 39.9. The molecule has 286 valence electrons. The molecule has 0 saturated heterocycles. The first-order valence-electron chi connectivity index (χ1n) is 21.0. The van der Waals surface area contributed by atoms with Gasteiger partial charge in [-0.15, -0.1) is 0 Å². The second-order valence-electron chi connectivity index (χ2n) is 16.1. The maximum absolute atomic E-state index is 2.47. The van der Waals surface area contributed by atoms with Crippen molar-refractivity contribution in [1.82, 2.24) is 9.13 Å². The Kier molecular flexibility index (Phi) is 9.55. The zero-order valence-electron chi connectivity index (χ0n) is 34.1. The van der Waals surface area contributed by atoms with Crippen LogP contribution in [0.1, 0.15) is 57.6 Å². The molecule has 0 saturated carbocycles. The molecule has 0 radical (unpaired) electrons. The van der Waals surface area contributed by atoms with Crippen LogP contribution in [0.4, 0.5) is 0 Å². The van der Waals surface area contributed by atoms with Gasteiger partial charge in [-0.3, -0.25) is 0 Å². The fourth-order valence-corrected chi connectivity index (χ4v) is 9.34. The van der Waals surface area contributed by atoms with Gasteiger partial charge in [0.05, 0.1) is 11.0 Å². The minimum Gasteiger partial charge on any atom is -0.313 e. The first-order chi connectivity index (χ1) is 29.0. The first-order valence-corrected chi connectivity index (χ1v) is 21.0. The van der Waals surface area contributed by atoms with E-state index in [1.165, 1.54) is 106 Å². The fourth-order valence-electron chi connectivity index (χ4n) is 9.34. The number of para-hydroxylation sites is 3. The molecule has 0 amide bonds. The van der Waals surface area contributed by atoms with Gasteiger partial charge in [0.25, 0.3) is 0 Å². The van der Waals surface area contributed by atoms with E-state index in [9.17, 15) is 0 Å². The molecular weight excluding hydrogens is 713 g/mol. The first kappa shape index (κ1) is 36.4. The molecule has 2 heterocycles. The Balaban J connectivity index is 0.000000547. The van der Waals surface area contributed by atoms with Crippen molar-refractivity contribution in [3.63, 3.8) is 0 Å². The SMILES string of the molecule is Cc1ccc(C2=Cc3c(n(-c4ccccc4)c4ccccc34)CC2)cc1-c1cc(-c2ccc3c(c2)c2c(n3-c3ccccc3)CCC=C2)ccc1C.Cc1ccccc1. The van der Waals surface area contributed by atoms with E-state index in [4.69, 9.17) is 0 Å². The lowest BCUT2D eigenvalue weighted by atomic mass is 9.87. The second-order valence-corrected chi connectivity index (χ2v) is 16.1. The number of hydrogen-bond donors (Lipinski definition) is 0. The van der Waals surface area contributed by atoms with E-state index in [1.807, 2.05) is 18.2 Å². The molecule has 7 aromatic carbocycles. The Morgan fingerprint density at radius 3 is 1.63 bits per heavy atom. The van der Waals surface area contributed by atoms with Crippen molar-refractivity contribution in [3.05, 3.63) is 221 Å². The van der Waals surface area contributed by atoms with E-state index in [2.05, 4.69) is 200 Å². The van der Waals surface area contributed by atoms with Gasteiger partial charge in [0.15, 0.2) is 0 Å². The third kappa shape index (κ3) is 6.75. The third-order valence-electron chi connectivity index (χ3n) is 12.3. The summed E-state index contributed by atoms with van der Waals surface area (Å²) in [6.45, 7) is 6.59. The second kappa shape index (κ2) is 15.5. The summed E-state index contributed by atoms with van der Waals surface area (Å²) in [7, 11) is 0. The van der Waals surface area contributed by atoms with Gasteiger partial charge in [0.1, 0.15) is 0 Å². The smallest absolute Gasteiger partial charge is 0.0538 e. The molecule has 2 aliphatic rings. The van der Waals surface area contributed by atoms with Crippen LogP contribution in [-0.4, -0.2) is 9.13 Å². The molecule has 0 bridgehead atoms. The maximum Gasteiger partial charge on any atom is 0.0538 e. The van der Waals surface area contributed by atoms with Gasteiger partial charge < -0.3 is 9.13 Å². The molecule has 0 fully saturated rings. The number of fused-ring (bicyclic) bond motifs is 6. The summed E-state index contributed by atoms with van der Waals surface area (Å²) in [6, 6.07) is 61.9. The molecule has 0 N–H and O–H groups in total. The zero-order valence-corrected chi connectivity index (χ0v) is 34.1. The molecular formula is C57H48N2. The summed E-state index contributed by atoms with van der Waals surface area (Å²) in [6.07, 6.45) is 11.3. The number of aromatic nitrogens is 2. The number of benzene rings is 7. The van der Waals surface area contributed by atoms with Crippen LogP contribution in [0.3, 0.4) is 0 Å². The van der Waals surface area contributed by atoms with Gasteiger partial charge >= 0.3 is 0 Å². The fraction of sp³-hybridized carbons (Fsp3) is 0.123. The topological polar surface area (TPSA) is 9.86 Å². The van der Waals surface area contributed by atoms with Crippen LogP contribution < -0.4 is 0 Å². The lowest BCUT2D eigenvalue weighted by molar-refractivity contribution is 0.888. The van der Waals surface area contributed by atoms with E-state index in [-0.39, 0.29) is 0 Å². The third-order valence-corrected chi connectivity index (χ3v) is 12.3. The summed E-state index contributed by atoms with van der Waals surface area (Å²) < 4.78 is 4.93. The Bertz CT molecular complexity index is 3050. The van der Waals surface area contributed by atoms with Crippen LogP contribution in [0.5, 0.6) is 0 Å². The van der Waals surface area contributed by atoms with Gasteiger partial charge in [-0.2, -0.15) is 0 Å². The van der Waals surface area contributed by atoms with Crippen molar-refractivity contribution in [2.75, 3.05) is 0 Å². The largest absolute Gasteiger partial charge is 0.313 e. The molecule has 0 atom stereocenters. The average molecular weight is 761 g/mol. The lowest BCUT2D eigenvalue weighted by Crippen LogP contribution is -2.05. The van der Waals surface area contributed by atoms with Gasteiger partial charge in [-0.1, -0.05) is 133 Å². The van der Waals surface area contributed by atoms with Crippen LogP contribution >= 0.6 is 0 Å². The number of aryl methyl sites for hydroxylation is 3. The van der Waals surface area contributed by atoms with Crippen molar-refractivity contribution in [1.29, 1.82) is 0 Å². The van der Waals surface area contributed by atoms with Crippen molar-refractivity contribution >= 4 is 39.5 Å². The number of hydrogen-bond acceptors (Lipinski definition) is 0. The molecule has 9 aromatic rings. The number of nitrogens with zero attached hydrogens (tertiary/aromatic N) is 2. The quantitative estimate of drug-likeness (QED) is 0.165. The maximum atomic E-state index is 2.47. The summed E-state index contributed by atoms with van der Waals surface area (Å²) in [5, 5.41) is 2.65. The van der Waals surface area contributed by atoms with Crippen LogP contribution in [0.25, 0.3) is 73.2 Å². The highest BCUT2D eigenvalue weighted by molar-refractivity contribution is 6.00. The van der Waals surface area contributed by atoms with Crippen LogP contribution in [0.15, 0.2) is 176 Å². The van der Waals surface area contributed by atoms with Gasteiger partial charge in [0, 0.05) is 44.7 Å². The van der Waals surface area contributed by atoms with E-state index < -0.39 is 0 Å². The number of allylic oxidation sites excluding steroid dienone is 2. The average Bonchev–Trinajstić information content (AvgIpc) is 3.80. The summed E-state index contributed by atoms with van der Waals surface area (Å²) in [5.74, 6) is 0. The normalized spacial score (nSPS) is 13.1. The van der Waals surface area contributed by atoms with Crippen LogP contribution in [0, 0.1) is 20.8 Å². The molecule has 11 rings (SSSR count). The van der Waals surface area contributed by atoms with E-state index in [0.29, 0.717) is 0 Å². The van der Waals surface area contributed by atoms with Gasteiger partial charge in [0.2, 0.25) is 0 Å². The monoisotopic (exact) mass is 760 g/mol. The van der Waals surface area contributed by atoms with Crippen molar-refractivity contribution < 1.29 is 0 Å². The molecule has 59 heavy (non-hydrogen) atoms. The highest BCUT2D eigenvalue weighted by Gasteiger charge is 2.23. The minimum absolute atomic E-state index is 1.01. The predicted molar refractivity (Wildman–Crippen MR) is 252 cm³/mol. The van der Waals surface area contributed by atoms with Crippen molar-refractivity contribution in [2.45, 2.75) is 46.5 Å². The standard InChI is InChI=1S/C50H40N2.C7H8/c1-33-21-23-35(37-25-27-49-45(31-37)41-17-9-11-19-47(41)51(49)39-13-5-3-6-14-39)29-43(33)44-30-36(24-22-34(44)2)38-26-28-50-46(32-38)42-18-10-12-20-48(42)52(50)40-15-7-4-8-16-40;1-7-5-3-2-4-6-7/h3-11,13-19,21-24,26,28-32H,12,20,25,27H2,1-2H3;2-6H,1H3. The molecule has 2 nitrogen and oxygen atoms in total. The summed E-state index contributed by atoms with van der Waals surface area (Å²) in [4.78, 5) is 0. The predicted octanol–water partition coefficient (Wildman–Crippen LogP) is 15.0. The summed E-state index contributed by atoms with van der Waals surface area (Å²) in [5.41, 5.74) is 22.3. The molecule has 0 unspecified atom stereocenters. The van der Waals surface area contributed by atoms with Gasteiger partial charge in [-0.25, -0.2) is 0 Å². The number of rotatable bonds is 5. The lowest BCUT2D eigenvalue weighted by Gasteiger charge is -2.19. The van der Waals surface area contributed by atoms with Crippen molar-refractivity contribution in [3.8, 4) is 33.6 Å². The van der Waals surface area contributed by atoms with E-state index in [0.717, 1.165) is 25.7 Å². The Labute approximate surface area is 348 Å². The molecule has 2 aliphatic carbocycles.